The van der Waals surface area contributed by atoms with Crippen molar-refractivity contribution in [2.75, 3.05) is 23.3 Å². The van der Waals surface area contributed by atoms with E-state index in [1.165, 1.54) is 17.7 Å². The fourth-order valence-corrected chi connectivity index (χ4v) is 3.22. The minimum Gasteiger partial charge on any atom is -0.354 e. The van der Waals surface area contributed by atoms with Crippen molar-refractivity contribution in [1.82, 2.24) is 9.97 Å². The van der Waals surface area contributed by atoms with E-state index in [9.17, 15) is 9.18 Å². The summed E-state index contributed by atoms with van der Waals surface area (Å²) in [7, 11) is 0. The summed E-state index contributed by atoms with van der Waals surface area (Å²) in [6.07, 6.45) is 3.15. The van der Waals surface area contributed by atoms with Crippen LogP contribution in [0.5, 0.6) is 0 Å². The first-order valence-electron chi connectivity index (χ1n) is 8.92. The highest BCUT2D eigenvalue weighted by Crippen LogP contribution is 2.28. The van der Waals surface area contributed by atoms with Gasteiger partial charge in [0.15, 0.2) is 0 Å². The van der Waals surface area contributed by atoms with Crippen LogP contribution in [0.25, 0.3) is 0 Å². The van der Waals surface area contributed by atoms with Gasteiger partial charge in [-0.05, 0) is 48.2 Å². The number of benzene rings is 2. The molecule has 2 aromatic carbocycles. The summed E-state index contributed by atoms with van der Waals surface area (Å²) < 4.78 is 12.9. The highest BCUT2D eigenvalue weighted by atomic mass is 19.1. The number of halogens is 1. The molecule has 0 atom stereocenters. The Hall–Kier alpha value is -3.28. The molecule has 27 heavy (non-hydrogen) atoms. The van der Waals surface area contributed by atoms with Gasteiger partial charge < -0.3 is 10.2 Å². The molecule has 0 fully saturated rings. The highest BCUT2D eigenvalue weighted by molar-refractivity contribution is 6.06. The van der Waals surface area contributed by atoms with Crippen molar-refractivity contribution >= 4 is 17.5 Å². The molecule has 1 aliphatic heterocycles. The van der Waals surface area contributed by atoms with Gasteiger partial charge in [0.1, 0.15) is 11.5 Å². The van der Waals surface area contributed by atoms with Crippen LogP contribution in [0.3, 0.4) is 0 Å². The Bertz CT molecular complexity index is 958. The zero-order valence-corrected chi connectivity index (χ0v) is 14.7. The first-order chi connectivity index (χ1) is 13.2. The van der Waals surface area contributed by atoms with E-state index in [1.54, 1.807) is 29.3 Å². The zero-order valence-electron chi connectivity index (χ0n) is 14.7. The van der Waals surface area contributed by atoms with E-state index in [0.717, 1.165) is 17.7 Å². The van der Waals surface area contributed by atoms with Gasteiger partial charge in [0, 0.05) is 25.0 Å². The van der Waals surface area contributed by atoms with Crippen LogP contribution in [-0.4, -0.2) is 29.0 Å². The highest BCUT2D eigenvalue weighted by Gasteiger charge is 2.26. The third kappa shape index (κ3) is 3.79. The summed E-state index contributed by atoms with van der Waals surface area (Å²) in [6.45, 7) is 1.26. The lowest BCUT2D eigenvalue weighted by atomic mass is 10.1. The van der Waals surface area contributed by atoms with Gasteiger partial charge in [-0.1, -0.05) is 30.3 Å². The SMILES string of the molecule is O=C(c1ccnc(NCCc2ccc(F)cc2)n1)N1CCc2ccccc21. The van der Waals surface area contributed by atoms with E-state index in [0.29, 0.717) is 31.2 Å². The Morgan fingerprint density at radius 2 is 1.93 bits per heavy atom. The maximum absolute atomic E-state index is 12.9. The Kier molecular flexibility index (Phi) is 4.78. The summed E-state index contributed by atoms with van der Waals surface area (Å²) >= 11 is 0. The molecule has 6 heteroatoms. The molecule has 5 nitrogen and oxygen atoms in total. The molecule has 4 rings (SSSR count). The van der Waals surface area contributed by atoms with E-state index >= 15 is 0 Å². The smallest absolute Gasteiger partial charge is 0.277 e. The first-order valence-corrected chi connectivity index (χ1v) is 8.92. The normalized spacial score (nSPS) is 12.7. The molecule has 1 aliphatic rings. The number of hydrogen-bond donors (Lipinski definition) is 1. The molecule has 3 aromatic rings. The van der Waals surface area contributed by atoms with Crippen LogP contribution >= 0.6 is 0 Å². The zero-order chi connectivity index (χ0) is 18.6. The minimum absolute atomic E-state index is 0.121. The number of carbonyl (C=O) groups is 1. The molecule has 1 N–H and O–H groups in total. The Morgan fingerprint density at radius 1 is 1.11 bits per heavy atom. The van der Waals surface area contributed by atoms with Crippen molar-refractivity contribution in [3.8, 4) is 0 Å². The van der Waals surface area contributed by atoms with Crippen LogP contribution in [0.2, 0.25) is 0 Å². The topological polar surface area (TPSA) is 58.1 Å². The quantitative estimate of drug-likeness (QED) is 0.755. The van der Waals surface area contributed by atoms with E-state index in [2.05, 4.69) is 15.3 Å². The third-order valence-electron chi connectivity index (χ3n) is 4.62. The molecule has 2 heterocycles. The van der Waals surface area contributed by atoms with Gasteiger partial charge in [-0.2, -0.15) is 0 Å². The van der Waals surface area contributed by atoms with Gasteiger partial charge in [-0.3, -0.25) is 4.79 Å². The standard InChI is InChI=1S/C21H19FN4O/c22-17-7-5-15(6-8-17)9-12-23-21-24-13-10-18(25-21)20(27)26-14-11-16-3-1-2-4-19(16)26/h1-8,10,13H,9,11-12,14H2,(H,23,24,25). The maximum Gasteiger partial charge on any atom is 0.277 e. The lowest BCUT2D eigenvalue weighted by Crippen LogP contribution is -2.29. The second-order valence-electron chi connectivity index (χ2n) is 6.40. The number of anilines is 2. The van der Waals surface area contributed by atoms with E-state index in [-0.39, 0.29) is 11.7 Å². The van der Waals surface area contributed by atoms with Crippen LogP contribution in [0.4, 0.5) is 16.0 Å². The van der Waals surface area contributed by atoms with E-state index in [1.807, 2.05) is 24.3 Å². The minimum atomic E-state index is -0.246. The number of aromatic nitrogens is 2. The fraction of sp³-hybridized carbons (Fsp3) is 0.190. The number of hydrogen-bond acceptors (Lipinski definition) is 4. The maximum atomic E-state index is 12.9. The molecule has 0 saturated carbocycles. The average Bonchev–Trinajstić information content (AvgIpc) is 3.13. The van der Waals surface area contributed by atoms with Crippen LogP contribution in [0.15, 0.2) is 60.8 Å². The first kappa shape index (κ1) is 17.1. The van der Waals surface area contributed by atoms with Gasteiger partial charge in [0.2, 0.25) is 5.95 Å². The summed E-state index contributed by atoms with van der Waals surface area (Å²) in [4.78, 5) is 23.2. The second-order valence-corrected chi connectivity index (χ2v) is 6.40. The molecular formula is C21H19FN4O. The van der Waals surface area contributed by atoms with Crippen molar-refractivity contribution in [1.29, 1.82) is 0 Å². The number of fused-ring (bicyclic) bond motifs is 1. The number of nitrogens with zero attached hydrogens (tertiary/aromatic N) is 3. The van der Waals surface area contributed by atoms with Crippen molar-refractivity contribution < 1.29 is 9.18 Å². The van der Waals surface area contributed by atoms with Crippen LogP contribution < -0.4 is 10.2 Å². The molecule has 0 bridgehead atoms. The van der Waals surface area contributed by atoms with Crippen LogP contribution in [0, 0.1) is 5.82 Å². The van der Waals surface area contributed by atoms with Crippen molar-refractivity contribution in [3.05, 3.63) is 83.4 Å². The van der Waals surface area contributed by atoms with Crippen molar-refractivity contribution in [2.24, 2.45) is 0 Å². The Morgan fingerprint density at radius 3 is 2.78 bits per heavy atom. The second kappa shape index (κ2) is 7.53. The van der Waals surface area contributed by atoms with E-state index in [4.69, 9.17) is 0 Å². The third-order valence-corrected chi connectivity index (χ3v) is 4.62. The summed E-state index contributed by atoms with van der Waals surface area (Å²) in [5, 5.41) is 3.13. The lowest BCUT2D eigenvalue weighted by Gasteiger charge is -2.17. The lowest BCUT2D eigenvalue weighted by molar-refractivity contribution is 0.0984. The number of nitrogens with one attached hydrogen (secondary N) is 1. The van der Waals surface area contributed by atoms with Gasteiger partial charge in [-0.15, -0.1) is 0 Å². The molecular weight excluding hydrogens is 343 g/mol. The molecule has 136 valence electrons. The molecule has 0 radical (unpaired) electrons. The monoisotopic (exact) mass is 362 g/mol. The van der Waals surface area contributed by atoms with Crippen LogP contribution in [0.1, 0.15) is 21.6 Å². The molecule has 1 amide bonds. The predicted molar refractivity (Wildman–Crippen MR) is 102 cm³/mol. The van der Waals surface area contributed by atoms with Gasteiger partial charge in [0.05, 0.1) is 0 Å². The van der Waals surface area contributed by atoms with Crippen LogP contribution in [-0.2, 0) is 12.8 Å². The summed E-state index contributed by atoms with van der Waals surface area (Å²) in [6, 6.07) is 16.0. The Labute approximate surface area is 156 Å². The molecule has 0 aliphatic carbocycles. The molecule has 1 aromatic heterocycles. The van der Waals surface area contributed by atoms with Gasteiger partial charge in [-0.25, -0.2) is 14.4 Å². The van der Waals surface area contributed by atoms with Crippen molar-refractivity contribution in [3.63, 3.8) is 0 Å². The summed E-state index contributed by atoms with van der Waals surface area (Å²) in [5.74, 6) is 0.0455. The number of carbonyl (C=O) groups excluding carboxylic acids is 1. The average molecular weight is 362 g/mol. The summed E-state index contributed by atoms with van der Waals surface area (Å²) in [5.41, 5.74) is 3.51. The Balaban J connectivity index is 1.42. The van der Waals surface area contributed by atoms with Crippen molar-refractivity contribution in [2.45, 2.75) is 12.8 Å². The molecule has 0 saturated heterocycles. The fourth-order valence-electron chi connectivity index (χ4n) is 3.22. The molecule has 0 spiro atoms. The predicted octanol–water partition coefficient (Wildman–Crippen LogP) is 3.47. The number of amides is 1. The molecule has 0 unspecified atom stereocenters. The number of rotatable bonds is 5. The largest absolute Gasteiger partial charge is 0.354 e. The van der Waals surface area contributed by atoms with Gasteiger partial charge in [0.25, 0.3) is 5.91 Å². The number of para-hydroxylation sites is 1. The van der Waals surface area contributed by atoms with E-state index < -0.39 is 0 Å². The van der Waals surface area contributed by atoms with Gasteiger partial charge >= 0.3 is 0 Å².